The molecule has 1 fully saturated rings. The molecule has 0 bridgehead atoms. The second-order valence-corrected chi connectivity index (χ2v) is 5.83. The molecule has 4 nitrogen and oxygen atoms in total. The van der Waals surface area contributed by atoms with Gasteiger partial charge in [0.25, 0.3) is 0 Å². The van der Waals surface area contributed by atoms with Crippen LogP contribution >= 0.6 is 23.4 Å². The Balaban J connectivity index is 1.98. The van der Waals surface area contributed by atoms with Crippen LogP contribution in [-0.4, -0.2) is 41.1 Å². The second kappa shape index (κ2) is 5.00. The first-order valence-corrected chi connectivity index (χ1v) is 7.46. The van der Waals surface area contributed by atoms with Crippen LogP contribution in [-0.2, 0) is 13.0 Å². The smallest absolute Gasteiger partial charge is 0.224 e. The Labute approximate surface area is 110 Å². The van der Waals surface area contributed by atoms with E-state index in [1.807, 2.05) is 11.8 Å². The molecule has 0 spiro atoms. The number of fused-ring (bicyclic) bond motifs is 1. The summed E-state index contributed by atoms with van der Waals surface area (Å²) >= 11 is 8.03. The molecule has 0 radical (unpaired) electrons. The zero-order chi connectivity index (χ0) is 11.7. The molecule has 0 aromatic carbocycles. The molecule has 0 aliphatic carbocycles. The number of hydrogen-bond donors (Lipinski definition) is 1. The first kappa shape index (κ1) is 11.6. The van der Waals surface area contributed by atoms with Crippen LogP contribution in [0.25, 0.3) is 0 Å². The van der Waals surface area contributed by atoms with Crippen LogP contribution in [0.3, 0.4) is 0 Å². The normalized spacial score (nSPS) is 20.2. The molecule has 2 aliphatic rings. The molecule has 0 amide bonds. The van der Waals surface area contributed by atoms with Gasteiger partial charge >= 0.3 is 0 Å². The Morgan fingerprint density at radius 2 is 2.06 bits per heavy atom. The summed E-state index contributed by atoms with van der Waals surface area (Å²) < 4.78 is 0. The van der Waals surface area contributed by atoms with E-state index in [2.05, 4.69) is 20.2 Å². The van der Waals surface area contributed by atoms with Crippen LogP contribution < -0.4 is 10.2 Å². The zero-order valence-electron chi connectivity index (χ0n) is 9.58. The highest BCUT2D eigenvalue weighted by Gasteiger charge is 2.22. The van der Waals surface area contributed by atoms with E-state index in [1.165, 1.54) is 17.1 Å². The van der Waals surface area contributed by atoms with Crippen LogP contribution in [0.2, 0.25) is 5.28 Å². The highest BCUT2D eigenvalue weighted by atomic mass is 35.5. The molecular formula is C11H15ClN4S. The van der Waals surface area contributed by atoms with Gasteiger partial charge in [-0.05, 0) is 11.6 Å². The quantitative estimate of drug-likeness (QED) is 0.780. The summed E-state index contributed by atoms with van der Waals surface area (Å²) in [6.07, 6.45) is 0.952. The van der Waals surface area contributed by atoms with Gasteiger partial charge in [-0.25, -0.2) is 9.97 Å². The van der Waals surface area contributed by atoms with Crippen molar-refractivity contribution in [3.05, 3.63) is 16.5 Å². The van der Waals surface area contributed by atoms with E-state index in [1.54, 1.807) is 0 Å². The number of nitrogens with zero attached hydrogens (tertiary/aromatic N) is 3. The van der Waals surface area contributed by atoms with Crippen molar-refractivity contribution in [1.82, 2.24) is 15.3 Å². The summed E-state index contributed by atoms with van der Waals surface area (Å²) in [6, 6.07) is 0. The summed E-state index contributed by atoms with van der Waals surface area (Å²) in [6.45, 7) is 3.97. The third-order valence-corrected chi connectivity index (χ3v) is 4.31. The van der Waals surface area contributed by atoms with Gasteiger partial charge in [-0.15, -0.1) is 0 Å². The average molecular weight is 271 g/mol. The van der Waals surface area contributed by atoms with Crippen molar-refractivity contribution in [3.8, 4) is 0 Å². The van der Waals surface area contributed by atoms with Crippen LogP contribution in [0, 0.1) is 0 Å². The van der Waals surface area contributed by atoms with E-state index in [9.17, 15) is 0 Å². The molecule has 0 saturated carbocycles. The summed E-state index contributed by atoms with van der Waals surface area (Å²) in [7, 11) is 0. The van der Waals surface area contributed by atoms with Crippen LogP contribution in [0.1, 0.15) is 11.3 Å². The Hall–Kier alpha value is -0.520. The maximum absolute atomic E-state index is 6.03. The third kappa shape index (κ3) is 2.37. The van der Waals surface area contributed by atoms with E-state index in [0.717, 1.165) is 44.1 Å². The Bertz CT molecular complexity index is 420. The van der Waals surface area contributed by atoms with Gasteiger partial charge < -0.3 is 10.2 Å². The van der Waals surface area contributed by atoms with Gasteiger partial charge in [0.15, 0.2) is 0 Å². The summed E-state index contributed by atoms with van der Waals surface area (Å²) in [5.74, 6) is 3.39. The Kier molecular flexibility index (Phi) is 3.40. The van der Waals surface area contributed by atoms with Gasteiger partial charge in [0.05, 0.1) is 5.69 Å². The number of aromatic nitrogens is 2. The molecule has 1 aromatic heterocycles. The molecule has 6 heteroatoms. The van der Waals surface area contributed by atoms with E-state index in [-0.39, 0.29) is 0 Å². The maximum Gasteiger partial charge on any atom is 0.224 e. The monoisotopic (exact) mass is 270 g/mol. The molecular weight excluding hydrogens is 256 g/mol. The first-order valence-electron chi connectivity index (χ1n) is 5.93. The molecule has 0 atom stereocenters. The molecule has 2 aliphatic heterocycles. The second-order valence-electron chi connectivity index (χ2n) is 4.27. The fourth-order valence-electron chi connectivity index (χ4n) is 2.33. The fraction of sp³-hybridized carbons (Fsp3) is 0.636. The summed E-state index contributed by atoms with van der Waals surface area (Å²) in [4.78, 5) is 11.1. The Morgan fingerprint density at radius 3 is 2.88 bits per heavy atom. The van der Waals surface area contributed by atoms with Gasteiger partial charge in [-0.1, -0.05) is 0 Å². The zero-order valence-corrected chi connectivity index (χ0v) is 11.2. The molecule has 1 saturated heterocycles. The molecule has 0 unspecified atom stereocenters. The number of halogens is 1. The highest BCUT2D eigenvalue weighted by Crippen LogP contribution is 2.26. The van der Waals surface area contributed by atoms with Crippen molar-refractivity contribution >= 4 is 29.2 Å². The van der Waals surface area contributed by atoms with Gasteiger partial charge in [0.1, 0.15) is 5.82 Å². The predicted octanol–water partition coefficient (Wildman–Crippen LogP) is 1.33. The van der Waals surface area contributed by atoms with Crippen LogP contribution in [0.15, 0.2) is 0 Å². The number of hydrogen-bond acceptors (Lipinski definition) is 5. The number of nitrogens with one attached hydrogen (secondary N) is 1. The van der Waals surface area contributed by atoms with Crippen LogP contribution in [0.5, 0.6) is 0 Å². The lowest BCUT2D eigenvalue weighted by molar-refractivity contribution is 0.621. The lowest BCUT2D eigenvalue weighted by Crippen LogP contribution is -2.36. The lowest BCUT2D eigenvalue weighted by atomic mass is 10.1. The van der Waals surface area contributed by atoms with Crippen molar-refractivity contribution in [2.75, 3.05) is 36.0 Å². The summed E-state index contributed by atoms with van der Waals surface area (Å²) in [5, 5.41) is 3.77. The van der Waals surface area contributed by atoms with Crippen molar-refractivity contribution in [3.63, 3.8) is 0 Å². The van der Waals surface area contributed by atoms with Crippen molar-refractivity contribution in [1.29, 1.82) is 0 Å². The minimum Gasteiger partial charge on any atom is -0.355 e. The summed E-state index contributed by atoms with van der Waals surface area (Å²) in [5.41, 5.74) is 2.37. The number of anilines is 1. The van der Waals surface area contributed by atoms with E-state index < -0.39 is 0 Å². The molecule has 3 rings (SSSR count). The van der Waals surface area contributed by atoms with Crippen molar-refractivity contribution in [2.45, 2.75) is 13.0 Å². The molecule has 1 N–H and O–H groups in total. The minimum atomic E-state index is 0.388. The number of rotatable bonds is 1. The van der Waals surface area contributed by atoms with Crippen molar-refractivity contribution in [2.24, 2.45) is 0 Å². The highest BCUT2D eigenvalue weighted by molar-refractivity contribution is 7.99. The first-order chi connectivity index (χ1) is 8.34. The minimum absolute atomic E-state index is 0.388. The largest absolute Gasteiger partial charge is 0.355 e. The molecule has 92 valence electrons. The van der Waals surface area contributed by atoms with E-state index in [4.69, 9.17) is 11.6 Å². The van der Waals surface area contributed by atoms with E-state index >= 15 is 0 Å². The standard InChI is InChI=1S/C11H15ClN4S/c12-11-14-9-1-2-13-7-8(9)10(15-11)16-3-5-17-6-4-16/h13H,1-7H2. The van der Waals surface area contributed by atoms with Crippen LogP contribution in [0.4, 0.5) is 5.82 Å². The fourth-order valence-corrected chi connectivity index (χ4v) is 3.42. The molecule has 17 heavy (non-hydrogen) atoms. The van der Waals surface area contributed by atoms with Gasteiger partial charge in [-0.3, -0.25) is 0 Å². The number of thioether (sulfide) groups is 1. The van der Waals surface area contributed by atoms with Gasteiger partial charge in [0, 0.05) is 49.7 Å². The molecule has 3 heterocycles. The lowest BCUT2D eigenvalue weighted by Gasteiger charge is -2.31. The molecule has 1 aromatic rings. The Morgan fingerprint density at radius 1 is 1.24 bits per heavy atom. The van der Waals surface area contributed by atoms with E-state index in [0.29, 0.717) is 5.28 Å². The van der Waals surface area contributed by atoms with Gasteiger partial charge in [-0.2, -0.15) is 11.8 Å². The maximum atomic E-state index is 6.03. The predicted molar refractivity (Wildman–Crippen MR) is 72.0 cm³/mol. The SMILES string of the molecule is Clc1nc2c(c(N3CCSCC3)n1)CNCC2. The third-order valence-electron chi connectivity index (χ3n) is 3.19. The van der Waals surface area contributed by atoms with Gasteiger partial charge in [0.2, 0.25) is 5.28 Å². The van der Waals surface area contributed by atoms with Crippen molar-refractivity contribution < 1.29 is 0 Å². The topological polar surface area (TPSA) is 41.1 Å². The average Bonchev–Trinajstić information content (AvgIpc) is 2.39.